The number of hydrogen-bond acceptors (Lipinski definition) is 2. The number of hydrogen-bond donors (Lipinski definition) is 0. The van der Waals surface area contributed by atoms with Crippen LogP contribution in [0.1, 0.15) is 33.6 Å². The highest BCUT2D eigenvalue weighted by Crippen LogP contribution is 2.35. The number of carbonyl (C=O) groups is 1. The van der Waals surface area contributed by atoms with Crippen LogP contribution in [0.15, 0.2) is 0 Å². The molecule has 1 aliphatic heterocycles. The van der Waals surface area contributed by atoms with Crippen molar-refractivity contribution in [2.45, 2.75) is 39.7 Å². The normalized spacial score (nSPS) is 24.9. The van der Waals surface area contributed by atoms with Crippen LogP contribution >= 0.6 is 0 Å². The van der Waals surface area contributed by atoms with Crippen LogP contribution in [0.3, 0.4) is 0 Å². The van der Waals surface area contributed by atoms with Gasteiger partial charge in [0.1, 0.15) is 0 Å². The summed E-state index contributed by atoms with van der Waals surface area (Å²) in [5.41, 5.74) is 0. The minimum atomic E-state index is 0.146. The quantitative estimate of drug-likeness (QED) is 0.727. The molecule has 0 aromatic carbocycles. The van der Waals surface area contributed by atoms with Gasteiger partial charge in [0.15, 0.2) is 0 Å². The fraction of sp³-hybridized carbons (Fsp3) is 0.923. The molecule has 0 bridgehead atoms. The van der Waals surface area contributed by atoms with Crippen molar-refractivity contribution in [3.63, 3.8) is 0 Å². The summed E-state index contributed by atoms with van der Waals surface area (Å²) in [6.45, 7) is 10.3. The monoisotopic (exact) mass is 224 g/mol. The van der Waals surface area contributed by atoms with Gasteiger partial charge in [-0.25, -0.2) is 0 Å². The highest BCUT2D eigenvalue weighted by atomic mass is 16.2. The molecule has 0 N–H and O–H groups in total. The Labute approximate surface area is 98.8 Å². The van der Waals surface area contributed by atoms with Crippen LogP contribution < -0.4 is 0 Å². The molecule has 2 fully saturated rings. The van der Waals surface area contributed by atoms with Crippen LogP contribution in [-0.4, -0.2) is 47.9 Å². The van der Waals surface area contributed by atoms with Crippen molar-refractivity contribution in [2.75, 3.05) is 26.2 Å². The van der Waals surface area contributed by atoms with Gasteiger partial charge in [-0.05, 0) is 25.7 Å². The minimum Gasteiger partial charge on any atom is -0.340 e. The lowest BCUT2D eigenvalue weighted by molar-refractivity contribution is -0.136. The molecule has 16 heavy (non-hydrogen) atoms. The summed E-state index contributed by atoms with van der Waals surface area (Å²) in [6.07, 6.45) is 2.82. The Morgan fingerprint density at radius 1 is 1.06 bits per heavy atom. The van der Waals surface area contributed by atoms with Gasteiger partial charge in [0.2, 0.25) is 5.91 Å². The Bertz CT molecular complexity index is 253. The van der Waals surface area contributed by atoms with Gasteiger partial charge in [-0.3, -0.25) is 9.69 Å². The highest BCUT2D eigenvalue weighted by Gasteiger charge is 2.34. The van der Waals surface area contributed by atoms with E-state index in [1.807, 2.05) is 18.7 Å². The molecule has 1 amide bonds. The predicted molar refractivity (Wildman–Crippen MR) is 65.2 cm³/mol. The van der Waals surface area contributed by atoms with Crippen molar-refractivity contribution in [3.8, 4) is 0 Å². The lowest BCUT2D eigenvalue weighted by Crippen LogP contribution is -2.52. The van der Waals surface area contributed by atoms with E-state index in [1.165, 1.54) is 12.8 Å². The van der Waals surface area contributed by atoms with Gasteiger partial charge < -0.3 is 4.90 Å². The second-order valence-electron chi connectivity index (χ2n) is 5.59. The molecular formula is C13H24N2O. The fourth-order valence-electron chi connectivity index (χ4n) is 2.59. The highest BCUT2D eigenvalue weighted by molar-refractivity contribution is 5.78. The summed E-state index contributed by atoms with van der Waals surface area (Å²) in [5.74, 6) is 1.40. The van der Waals surface area contributed by atoms with E-state index in [4.69, 9.17) is 0 Å². The van der Waals surface area contributed by atoms with Crippen LogP contribution in [0.5, 0.6) is 0 Å². The Balaban J connectivity index is 1.79. The lowest BCUT2D eigenvalue weighted by atomic mass is 10.1. The molecule has 3 heteroatoms. The third kappa shape index (κ3) is 2.57. The standard InChI is InChI=1S/C13H24N2O/c1-10(2)13(16)15-8-6-14(7-9-15)11(3)12-4-5-12/h10-12H,4-9H2,1-3H3. The minimum absolute atomic E-state index is 0.146. The molecular weight excluding hydrogens is 200 g/mol. The summed E-state index contributed by atoms with van der Waals surface area (Å²) in [4.78, 5) is 16.4. The van der Waals surface area contributed by atoms with Gasteiger partial charge in [-0.15, -0.1) is 0 Å². The first-order valence-electron chi connectivity index (χ1n) is 6.62. The van der Waals surface area contributed by atoms with Crippen molar-refractivity contribution in [1.29, 1.82) is 0 Å². The van der Waals surface area contributed by atoms with Gasteiger partial charge >= 0.3 is 0 Å². The SMILES string of the molecule is CC(C)C(=O)N1CCN(C(C)C2CC2)CC1. The molecule has 2 aliphatic rings. The number of piperazine rings is 1. The lowest BCUT2D eigenvalue weighted by Gasteiger charge is -2.38. The van der Waals surface area contributed by atoms with Gasteiger partial charge in [-0.1, -0.05) is 13.8 Å². The van der Waals surface area contributed by atoms with Crippen molar-refractivity contribution in [3.05, 3.63) is 0 Å². The molecule has 0 radical (unpaired) electrons. The predicted octanol–water partition coefficient (Wildman–Crippen LogP) is 1.59. The number of carbonyl (C=O) groups excluding carboxylic acids is 1. The molecule has 1 saturated carbocycles. The topological polar surface area (TPSA) is 23.6 Å². The van der Waals surface area contributed by atoms with Gasteiger partial charge in [0.05, 0.1) is 0 Å². The number of nitrogens with zero attached hydrogens (tertiary/aromatic N) is 2. The zero-order valence-electron chi connectivity index (χ0n) is 10.8. The van der Waals surface area contributed by atoms with Crippen molar-refractivity contribution in [2.24, 2.45) is 11.8 Å². The van der Waals surface area contributed by atoms with Crippen molar-refractivity contribution < 1.29 is 4.79 Å². The Kier molecular flexibility index (Phi) is 3.53. The van der Waals surface area contributed by atoms with E-state index in [2.05, 4.69) is 11.8 Å². The van der Waals surface area contributed by atoms with Gasteiger partial charge in [0, 0.05) is 38.1 Å². The summed E-state index contributed by atoms with van der Waals surface area (Å²) in [7, 11) is 0. The molecule has 1 unspecified atom stereocenters. The zero-order chi connectivity index (χ0) is 11.7. The third-order valence-corrected chi connectivity index (χ3v) is 4.00. The molecule has 3 nitrogen and oxygen atoms in total. The number of rotatable bonds is 3. The zero-order valence-corrected chi connectivity index (χ0v) is 10.8. The second kappa shape index (κ2) is 4.74. The van der Waals surface area contributed by atoms with Gasteiger partial charge in [-0.2, -0.15) is 0 Å². The molecule has 0 aromatic rings. The largest absolute Gasteiger partial charge is 0.340 e. The molecule has 92 valence electrons. The molecule has 0 spiro atoms. The van der Waals surface area contributed by atoms with E-state index >= 15 is 0 Å². The average Bonchev–Trinajstić information content (AvgIpc) is 3.11. The average molecular weight is 224 g/mol. The maximum atomic E-state index is 11.8. The third-order valence-electron chi connectivity index (χ3n) is 4.00. The van der Waals surface area contributed by atoms with E-state index in [9.17, 15) is 4.79 Å². The summed E-state index contributed by atoms with van der Waals surface area (Å²) < 4.78 is 0. The molecule has 1 saturated heterocycles. The molecule has 2 rings (SSSR count). The maximum absolute atomic E-state index is 11.8. The molecule has 1 heterocycles. The Morgan fingerprint density at radius 2 is 1.62 bits per heavy atom. The summed E-state index contributed by atoms with van der Waals surface area (Å²) >= 11 is 0. The van der Waals surface area contributed by atoms with Crippen molar-refractivity contribution >= 4 is 5.91 Å². The van der Waals surface area contributed by atoms with Crippen molar-refractivity contribution in [1.82, 2.24) is 9.80 Å². The van der Waals surface area contributed by atoms with E-state index in [0.29, 0.717) is 5.91 Å². The first kappa shape index (κ1) is 11.9. The van der Waals surface area contributed by atoms with E-state index in [0.717, 1.165) is 38.1 Å². The van der Waals surface area contributed by atoms with E-state index in [-0.39, 0.29) is 5.92 Å². The van der Waals surface area contributed by atoms with Crippen LogP contribution in [-0.2, 0) is 4.79 Å². The molecule has 0 aromatic heterocycles. The molecule has 1 aliphatic carbocycles. The number of amides is 1. The van der Waals surface area contributed by atoms with Crippen LogP contribution in [0, 0.1) is 11.8 Å². The van der Waals surface area contributed by atoms with Crippen LogP contribution in [0.4, 0.5) is 0 Å². The molecule has 1 atom stereocenters. The van der Waals surface area contributed by atoms with E-state index in [1.54, 1.807) is 0 Å². The van der Waals surface area contributed by atoms with Crippen LogP contribution in [0.2, 0.25) is 0 Å². The van der Waals surface area contributed by atoms with E-state index < -0.39 is 0 Å². The van der Waals surface area contributed by atoms with Crippen LogP contribution in [0.25, 0.3) is 0 Å². The first-order chi connectivity index (χ1) is 7.59. The summed E-state index contributed by atoms with van der Waals surface area (Å²) in [6, 6.07) is 0.733. The first-order valence-corrected chi connectivity index (χ1v) is 6.62. The Morgan fingerprint density at radius 3 is 2.06 bits per heavy atom. The summed E-state index contributed by atoms with van der Waals surface area (Å²) in [5, 5.41) is 0. The second-order valence-corrected chi connectivity index (χ2v) is 5.59. The smallest absolute Gasteiger partial charge is 0.225 e. The van der Waals surface area contributed by atoms with Gasteiger partial charge in [0.25, 0.3) is 0 Å². The fourth-order valence-corrected chi connectivity index (χ4v) is 2.59. The Hall–Kier alpha value is -0.570. The maximum Gasteiger partial charge on any atom is 0.225 e.